The summed E-state index contributed by atoms with van der Waals surface area (Å²) in [5.74, 6) is -1.02. The molecule has 59 heavy (non-hydrogen) atoms. The minimum Gasteiger partial charge on any atom is -0.462 e. The topological polar surface area (TPSA) is 78.9 Å². The van der Waals surface area contributed by atoms with Gasteiger partial charge in [0.05, 0.1) is 0 Å². The smallest absolute Gasteiger partial charge is 0.306 e. The van der Waals surface area contributed by atoms with Crippen molar-refractivity contribution in [1.82, 2.24) is 0 Å². The molecule has 0 saturated heterocycles. The number of esters is 3. The van der Waals surface area contributed by atoms with E-state index in [0.717, 1.165) is 116 Å². The second-order valence-electron chi connectivity index (χ2n) is 14.6. The van der Waals surface area contributed by atoms with Gasteiger partial charge in [-0.05, 0) is 103 Å². The van der Waals surface area contributed by atoms with Gasteiger partial charge in [0.15, 0.2) is 6.10 Å². The first-order valence-corrected chi connectivity index (χ1v) is 23.1. The molecule has 0 saturated carbocycles. The lowest BCUT2D eigenvalue weighted by atomic mass is 10.1. The number of unbranched alkanes of at least 4 members (excludes halogenated alkanes) is 11. The molecule has 6 nitrogen and oxygen atoms in total. The lowest BCUT2D eigenvalue weighted by molar-refractivity contribution is -0.167. The lowest BCUT2D eigenvalue weighted by Crippen LogP contribution is -2.30. The summed E-state index contributed by atoms with van der Waals surface area (Å²) in [4.78, 5) is 37.7. The highest BCUT2D eigenvalue weighted by Crippen LogP contribution is 2.12. The Morgan fingerprint density at radius 3 is 1.20 bits per heavy atom. The number of carbonyl (C=O) groups is 3. The zero-order valence-electron chi connectivity index (χ0n) is 37.5. The van der Waals surface area contributed by atoms with E-state index in [0.29, 0.717) is 19.3 Å². The van der Waals surface area contributed by atoms with Crippen molar-refractivity contribution in [3.63, 3.8) is 0 Å². The minimum atomic E-state index is -0.819. The van der Waals surface area contributed by atoms with Gasteiger partial charge in [0.25, 0.3) is 0 Å². The van der Waals surface area contributed by atoms with Crippen molar-refractivity contribution in [3.05, 3.63) is 122 Å². The van der Waals surface area contributed by atoms with Gasteiger partial charge in [0.2, 0.25) is 0 Å². The summed E-state index contributed by atoms with van der Waals surface area (Å²) in [5.41, 5.74) is 0. The Labute approximate surface area is 361 Å². The second kappa shape index (κ2) is 46.5. The predicted molar refractivity (Wildman–Crippen MR) is 251 cm³/mol. The number of rotatable bonds is 39. The van der Waals surface area contributed by atoms with Crippen LogP contribution in [0.5, 0.6) is 0 Å². The van der Waals surface area contributed by atoms with Gasteiger partial charge in [-0.25, -0.2) is 0 Å². The summed E-state index contributed by atoms with van der Waals surface area (Å²) in [6.45, 7) is 6.14. The SMILES string of the molecule is CC\C=C/C=C\C=C/C=C\CCCCCC(=O)OC(COC(=O)CCCC/C=C\C/C=C\CC)COC(=O)CCCCCCCC/C=C\C/C=C\C/C=C\C/C=C\CC. The largest absolute Gasteiger partial charge is 0.462 e. The van der Waals surface area contributed by atoms with Gasteiger partial charge in [0.1, 0.15) is 13.2 Å². The summed E-state index contributed by atoms with van der Waals surface area (Å²) < 4.78 is 16.6. The molecular weight excluding hydrogens is 733 g/mol. The highest BCUT2D eigenvalue weighted by molar-refractivity contribution is 5.71. The first-order valence-electron chi connectivity index (χ1n) is 23.1. The van der Waals surface area contributed by atoms with E-state index in [4.69, 9.17) is 14.2 Å². The summed E-state index contributed by atoms with van der Waals surface area (Å²) in [5, 5.41) is 0. The highest BCUT2D eigenvalue weighted by Gasteiger charge is 2.19. The van der Waals surface area contributed by atoms with Crippen LogP contribution in [-0.4, -0.2) is 37.2 Å². The van der Waals surface area contributed by atoms with Gasteiger partial charge in [-0.2, -0.15) is 0 Å². The summed E-state index contributed by atoms with van der Waals surface area (Å²) in [6, 6.07) is 0. The summed E-state index contributed by atoms with van der Waals surface area (Å²) in [6.07, 6.45) is 63.4. The average molecular weight is 815 g/mol. The Hall–Kier alpha value is -4.19. The summed E-state index contributed by atoms with van der Waals surface area (Å²) in [7, 11) is 0. The molecule has 1 atom stereocenters. The quantitative estimate of drug-likeness (QED) is 0.0202. The van der Waals surface area contributed by atoms with Crippen LogP contribution in [0, 0.1) is 0 Å². The third kappa shape index (κ3) is 44.8. The first-order chi connectivity index (χ1) is 29.0. The van der Waals surface area contributed by atoms with Crippen molar-refractivity contribution in [2.75, 3.05) is 13.2 Å². The zero-order valence-corrected chi connectivity index (χ0v) is 37.5. The van der Waals surface area contributed by atoms with Crippen LogP contribution in [0.4, 0.5) is 0 Å². The van der Waals surface area contributed by atoms with Crippen molar-refractivity contribution >= 4 is 17.9 Å². The minimum absolute atomic E-state index is 0.116. The van der Waals surface area contributed by atoms with Gasteiger partial charge in [-0.1, -0.05) is 174 Å². The molecule has 0 aromatic carbocycles. The van der Waals surface area contributed by atoms with Crippen LogP contribution in [0.1, 0.15) is 175 Å². The maximum Gasteiger partial charge on any atom is 0.306 e. The molecule has 0 heterocycles. The monoisotopic (exact) mass is 815 g/mol. The van der Waals surface area contributed by atoms with E-state index in [1.54, 1.807) is 0 Å². The molecule has 1 unspecified atom stereocenters. The van der Waals surface area contributed by atoms with E-state index in [9.17, 15) is 14.4 Å². The van der Waals surface area contributed by atoms with Gasteiger partial charge in [0, 0.05) is 19.3 Å². The zero-order chi connectivity index (χ0) is 43.0. The van der Waals surface area contributed by atoms with Crippen LogP contribution in [0.2, 0.25) is 0 Å². The molecule has 0 rings (SSSR count). The van der Waals surface area contributed by atoms with Crippen LogP contribution in [0.25, 0.3) is 0 Å². The Balaban J connectivity index is 4.45. The molecule has 0 aliphatic heterocycles. The molecule has 0 aliphatic carbocycles. The van der Waals surface area contributed by atoms with E-state index in [2.05, 4.69) is 106 Å². The van der Waals surface area contributed by atoms with Gasteiger partial charge in [-0.3, -0.25) is 14.4 Å². The van der Waals surface area contributed by atoms with E-state index in [1.807, 2.05) is 36.5 Å². The van der Waals surface area contributed by atoms with Crippen LogP contribution in [0.15, 0.2) is 122 Å². The van der Waals surface area contributed by atoms with E-state index in [1.165, 1.54) is 12.8 Å². The molecule has 0 aromatic heterocycles. The Bertz CT molecular complexity index is 1300. The van der Waals surface area contributed by atoms with E-state index in [-0.39, 0.29) is 37.5 Å². The number of allylic oxidation sites excluding steroid dienone is 20. The number of hydrogen-bond donors (Lipinski definition) is 0. The molecule has 0 bridgehead atoms. The molecule has 330 valence electrons. The molecule has 0 N–H and O–H groups in total. The third-order valence-electron chi connectivity index (χ3n) is 9.04. The number of carbonyl (C=O) groups excluding carboxylic acids is 3. The molecule has 6 heteroatoms. The molecule has 0 aliphatic rings. The lowest BCUT2D eigenvalue weighted by Gasteiger charge is -2.18. The third-order valence-corrected chi connectivity index (χ3v) is 9.04. The molecule has 0 aromatic rings. The molecular formula is C53H82O6. The fourth-order valence-corrected chi connectivity index (χ4v) is 5.65. The average Bonchev–Trinajstić information content (AvgIpc) is 3.23. The van der Waals surface area contributed by atoms with Gasteiger partial charge < -0.3 is 14.2 Å². The molecule has 0 spiro atoms. The molecule has 0 amide bonds. The summed E-state index contributed by atoms with van der Waals surface area (Å²) >= 11 is 0. The van der Waals surface area contributed by atoms with Crippen LogP contribution >= 0.6 is 0 Å². The number of ether oxygens (including phenoxy) is 3. The fraction of sp³-hybridized carbons (Fsp3) is 0.566. The molecule has 0 fully saturated rings. The normalized spacial score (nSPS) is 13.2. The van der Waals surface area contributed by atoms with Crippen molar-refractivity contribution in [2.24, 2.45) is 0 Å². The van der Waals surface area contributed by atoms with Crippen molar-refractivity contribution in [3.8, 4) is 0 Å². The Morgan fingerprint density at radius 1 is 0.356 bits per heavy atom. The predicted octanol–water partition coefficient (Wildman–Crippen LogP) is 15.0. The van der Waals surface area contributed by atoms with Crippen LogP contribution < -0.4 is 0 Å². The van der Waals surface area contributed by atoms with Crippen molar-refractivity contribution < 1.29 is 28.6 Å². The van der Waals surface area contributed by atoms with Crippen molar-refractivity contribution in [1.29, 1.82) is 0 Å². The van der Waals surface area contributed by atoms with E-state index < -0.39 is 6.10 Å². The van der Waals surface area contributed by atoms with Crippen molar-refractivity contribution in [2.45, 2.75) is 181 Å². The van der Waals surface area contributed by atoms with Gasteiger partial charge >= 0.3 is 17.9 Å². The maximum absolute atomic E-state index is 12.7. The first kappa shape index (κ1) is 54.8. The number of hydrogen-bond acceptors (Lipinski definition) is 6. The standard InChI is InChI=1S/C53H82O6/c1-4-7-10-13-16-19-21-23-24-25-26-27-28-30-31-34-37-40-43-46-52(55)58-49-50(48-57-51(54)45-42-39-36-33-18-15-12-9-6-3)59-53(56)47-44-41-38-35-32-29-22-20-17-14-11-8-5-2/h7-12,14,16-20,22-24,26-27,29,32-33,50H,4-6,13,15,21,25,28,30-31,34-49H2,1-3H3/b10-7-,11-8-,12-9-,17-14-,19-16-,22-20-,24-23-,27-26-,32-29-,33-18-. The second-order valence-corrected chi connectivity index (χ2v) is 14.6. The van der Waals surface area contributed by atoms with Gasteiger partial charge in [-0.15, -0.1) is 0 Å². The highest BCUT2D eigenvalue weighted by atomic mass is 16.6. The Kier molecular flexibility index (Phi) is 43.2. The van der Waals surface area contributed by atoms with E-state index >= 15 is 0 Å². The Morgan fingerprint density at radius 2 is 0.695 bits per heavy atom. The maximum atomic E-state index is 12.7. The molecule has 0 radical (unpaired) electrons. The fourth-order valence-electron chi connectivity index (χ4n) is 5.65. The van der Waals surface area contributed by atoms with Crippen LogP contribution in [-0.2, 0) is 28.6 Å². The van der Waals surface area contributed by atoms with Crippen LogP contribution in [0.3, 0.4) is 0 Å².